The number of aryl methyl sites for hydroxylation is 3. The summed E-state index contributed by atoms with van der Waals surface area (Å²) in [7, 11) is 1.95. The van der Waals surface area contributed by atoms with Crippen molar-refractivity contribution in [2.45, 2.75) is 78.0 Å². The first-order valence-electron chi connectivity index (χ1n) is 14.8. The zero-order valence-electron chi connectivity index (χ0n) is 24.6. The van der Waals surface area contributed by atoms with E-state index in [9.17, 15) is 14.4 Å². The van der Waals surface area contributed by atoms with Gasteiger partial charge in [-0.2, -0.15) is 5.10 Å². The maximum Gasteiger partial charge on any atom is 0.269 e. The largest absolute Gasteiger partial charge is 0.355 e. The van der Waals surface area contributed by atoms with Gasteiger partial charge in [-0.1, -0.05) is 0 Å². The second-order valence-electron chi connectivity index (χ2n) is 11.2. The van der Waals surface area contributed by atoms with Crippen molar-refractivity contribution in [1.82, 2.24) is 44.4 Å². The van der Waals surface area contributed by atoms with Gasteiger partial charge in [0.25, 0.3) is 5.91 Å². The molecule has 0 unspecified atom stereocenters. The third-order valence-electron chi connectivity index (χ3n) is 7.95. The number of imidazole rings is 1. The molecule has 222 valence electrons. The lowest BCUT2D eigenvalue weighted by Gasteiger charge is -2.22. The maximum absolute atomic E-state index is 13.4. The molecule has 0 atom stereocenters. The van der Waals surface area contributed by atoms with E-state index in [0.717, 1.165) is 47.9 Å². The molecular formula is C29H38N10O3. The average molecular weight is 575 g/mol. The SMILES string of the molecule is CCn1nc(Nc2nc3c(cc(CC(=O)N(C4CC4)C4CC4)n3CC)c3c2ncn3C)cc1C(=O)NCCNC(C)=O. The standard InChI is InChI=1S/C29H38N10O3/c1-5-37-20(14-24(41)39(18-7-8-18)19-9-10-19)13-21-26-25(32-16-36(26)4)27(34-28(21)37)33-23-15-22(38(6-2)35-23)29(42)31-12-11-30-17(3)40/h13,15-16,18-19H,5-12,14H2,1-4H3,(H,30,40)(H,31,42)(H,33,34,35). The quantitative estimate of drug-likeness (QED) is 0.221. The number of hydrogen-bond acceptors (Lipinski definition) is 7. The van der Waals surface area contributed by atoms with Crippen LogP contribution in [0.15, 0.2) is 18.5 Å². The van der Waals surface area contributed by atoms with Crippen molar-refractivity contribution < 1.29 is 14.4 Å². The molecule has 0 aliphatic heterocycles. The van der Waals surface area contributed by atoms with Crippen LogP contribution >= 0.6 is 0 Å². The van der Waals surface area contributed by atoms with Gasteiger partial charge in [0, 0.05) is 69.4 Å². The molecule has 2 aliphatic carbocycles. The molecule has 4 heterocycles. The monoisotopic (exact) mass is 574 g/mol. The van der Waals surface area contributed by atoms with Gasteiger partial charge in [-0.15, -0.1) is 0 Å². The number of nitrogens with zero attached hydrogens (tertiary/aromatic N) is 7. The molecule has 4 aromatic rings. The van der Waals surface area contributed by atoms with Gasteiger partial charge in [0.2, 0.25) is 11.8 Å². The van der Waals surface area contributed by atoms with Gasteiger partial charge in [0.1, 0.15) is 16.9 Å². The summed E-state index contributed by atoms with van der Waals surface area (Å²) in [5.74, 6) is 0.767. The van der Waals surface area contributed by atoms with Crippen molar-refractivity contribution in [1.29, 1.82) is 0 Å². The van der Waals surface area contributed by atoms with Crippen LogP contribution in [0.4, 0.5) is 11.6 Å². The highest BCUT2D eigenvalue weighted by atomic mass is 16.2. The van der Waals surface area contributed by atoms with Gasteiger partial charge in [-0.05, 0) is 45.6 Å². The first-order chi connectivity index (χ1) is 20.3. The number of amides is 3. The number of carbonyl (C=O) groups excluding carboxylic acids is 3. The van der Waals surface area contributed by atoms with Gasteiger partial charge >= 0.3 is 0 Å². The molecule has 0 saturated heterocycles. The average Bonchev–Trinajstić information content (AvgIpc) is 3.87. The first kappa shape index (κ1) is 27.7. The number of carbonyl (C=O) groups is 3. The molecule has 13 nitrogen and oxygen atoms in total. The normalized spacial score (nSPS) is 14.9. The molecular weight excluding hydrogens is 536 g/mol. The zero-order valence-corrected chi connectivity index (χ0v) is 24.6. The fourth-order valence-electron chi connectivity index (χ4n) is 5.74. The fraction of sp³-hybridized carbons (Fsp3) is 0.517. The number of fused-ring (bicyclic) bond motifs is 3. The van der Waals surface area contributed by atoms with Crippen LogP contribution in [0, 0.1) is 0 Å². The van der Waals surface area contributed by atoms with Crippen molar-refractivity contribution >= 4 is 51.4 Å². The molecule has 42 heavy (non-hydrogen) atoms. The molecule has 6 rings (SSSR count). The number of hydrogen-bond donors (Lipinski definition) is 3. The minimum Gasteiger partial charge on any atom is -0.355 e. The Balaban J connectivity index is 1.31. The molecule has 0 aromatic carbocycles. The van der Waals surface area contributed by atoms with Gasteiger partial charge in [0.05, 0.1) is 18.3 Å². The number of aromatic nitrogens is 6. The molecule has 4 aromatic heterocycles. The van der Waals surface area contributed by atoms with E-state index in [-0.39, 0.29) is 17.7 Å². The van der Waals surface area contributed by atoms with Crippen LogP contribution < -0.4 is 16.0 Å². The summed E-state index contributed by atoms with van der Waals surface area (Å²) in [4.78, 5) is 49.2. The first-order valence-corrected chi connectivity index (χ1v) is 14.8. The van der Waals surface area contributed by atoms with Gasteiger partial charge in [0.15, 0.2) is 11.6 Å². The highest BCUT2D eigenvalue weighted by molar-refractivity contribution is 6.07. The van der Waals surface area contributed by atoms with Crippen LogP contribution in [0.5, 0.6) is 0 Å². The topological polar surface area (TPSA) is 144 Å². The summed E-state index contributed by atoms with van der Waals surface area (Å²) in [6.07, 6.45) is 6.55. The van der Waals surface area contributed by atoms with Gasteiger partial charge in [-0.3, -0.25) is 19.1 Å². The number of pyridine rings is 1. The second kappa shape index (κ2) is 11.1. The molecule has 3 amide bonds. The van der Waals surface area contributed by atoms with E-state index >= 15 is 0 Å². The summed E-state index contributed by atoms with van der Waals surface area (Å²) >= 11 is 0. The molecule has 2 fully saturated rings. The van der Waals surface area contributed by atoms with E-state index < -0.39 is 0 Å². The van der Waals surface area contributed by atoms with E-state index in [1.807, 2.05) is 18.5 Å². The van der Waals surface area contributed by atoms with E-state index in [4.69, 9.17) is 4.98 Å². The van der Waals surface area contributed by atoms with Crippen molar-refractivity contribution in [3.63, 3.8) is 0 Å². The molecule has 0 radical (unpaired) electrons. The molecule has 2 aliphatic rings. The van der Waals surface area contributed by atoms with Crippen LogP contribution in [-0.4, -0.2) is 76.7 Å². The molecule has 13 heteroatoms. The van der Waals surface area contributed by atoms with Crippen molar-refractivity contribution in [2.24, 2.45) is 7.05 Å². The van der Waals surface area contributed by atoms with Crippen molar-refractivity contribution in [3.8, 4) is 0 Å². The zero-order chi connectivity index (χ0) is 29.5. The van der Waals surface area contributed by atoms with E-state index in [1.165, 1.54) is 6.92 Å². The minimum absolute atomic E-state index is 0.147. The Morgan fingerprint density at radius 3 is 2.38 bits per heavy atom. The third-order valence-corrected chi connectivity index (χ3v) is 7.95. The van der Waals surface area contributed by atoms with Crippen LogP contribution in [0.2, 0.25) is 0 Å². The highest BCUT2D eigenvalue weighted by Gasteiger charge is 2.42. The van der Waals surface area contributed by atoms with Gasteiger partial charge < -0.3 is 30.0 Å². The Bertz CT molecular complexity index is 1660. The lowest BCUT2D eigenvalue weighted by Crippen LogP contribution is -2.36. The Kier molecular flexibility index (Phi) is 7.33. The molecule has 0 spiro atoms. The number of nitrogens with one attached hydrogen (secondary N) is 3. The van der Waals surface area contributed by atoms with Crippen molar-refractivity contribution in [2.75, 3.05) is 18.4 Å². The summed E-state index contributed by atoms with van der Waals surface area (Å²) in [6.45, 7) is 7.23. The fourth-order valence-corrected chi connectivity index (χ4v) is 5.74. The van der Waals surface area contributed by atoms with Crippen LogP contribution in [0.25, 0.3) is 22.1 Å². The molecule has 0 bridgehead atoms. The van der Waals surface area contributed by atoms with E-state index in [0.29, 0.717) is 67.5 Å². The molecule has 3 N–H and O–H groups in total. The highest BCUT2D eigenvalue weighted by Crippen LogP contribution is 2.38. The lowest BCUT2D eigenvalue weighted by molar-refractivity contribution is -0.131. The minimum atomic E-state index is -0.283. The predicted octanol–water partition coefficient (Wildman–Crippen LogP) is 2.46. The smallest absolute Gasteiger partial charge is 0.269 e. The number of anilines is 2. The third kappa shape index (κ3) is 5.30. The Morgan fingerprint density at radius 1 is 1.02 bits per heavy atom. The van der Waals surface area contributed by atoms with Crippen molar-refractivity contribution in [3.05, 3.63) is 29.8 Å². The summed E-state index contributed by atoms with van der Waals surface area (Å²) < 4.78 is 5.70. The van der Waals surface area contributed by atoms with E-state index in [1.54, 1.807) is 17.1 Å². The molecule has 2 saturated carbocycles. The summed E-state index contributed by atoms with van der Waals surface area (Å²) in [6, 6.07) is 4.60. The van der Waals surface area contributed by atoms with Crippen LogP contribution in [-0.2, 0) is 36.1 Å². The van der Waals surface area contributed by atoms with Gasteiger partial charge in [-0.25, -0.2) is 9.97 Å². The van der Waals surface area contributed by atoms with Crippen LogP contribution in [0.3, 0.4) is 0 Å². The van der Waals surface area contributed by atoms with E-state index in [2.05, 4.69) is 48.5 Å². The Labute approximate surface area is 243 Å². The van der Waals surface area contributed by atoms with Crippen LogP contribution in [0.1, 0.15) is 62.6 Å². The summed E-state index contributed by atoms with van der Waals surface area (Å²) in [5, 5.41) is 14.3. The second-order valence-corrected chi connectivity index (χ2v) is 11.2. The predicted molar refractivity (Wildman–Crippen MR) is 158 cm³/mol. The maximum atomic E-state index is 13.4. The number of rotatable bonds is 12. The Morgan fingerprint density at radius 2 is 1.74 bits per heavy atom. The lowest BCUT2D eigenvalue weighted by atomic mass is 10.2. The Hall–Kier alpha value is -4.42. The summed E-state index contributed by atoms with van der Waals surface area (Å²) in [5.41, 5.74) is 3.71.